The lowest BCUT2D eigenvalue weighted by Gasteiger charge is -2.11. The van der Waals surface area contributed by atoms with Crippen molar-refractivity contribution in [2.45, 2.75) is 33.6 Å². The summed E-state index contributed by atoms with van der Waals surface area (Å²) in [5.41, 5.74) is 2.31. The molecule has 1 aromatic carbocycles. The molecule has 1 saturated heterocycles. The van der Waals surface area contributed by atoms with Crippen LogP contribution in [0.15, 0.2) is 34.2 Å². The number of carbonyl (C=O) groups excluding carboxylic acids is 1. The zero-order valence-corrected chi connectivity index (χ0v) is 16.3. The minimum absolute atomic E-state index is 0.0135. The van der Waals surface area contributed by atoms with Crippen molar-refractivity contribution >= 4 is 45.4 Å². The van der Waals surface area contributed by atoms with Gasteiger partial charge in [-0.2, -0.15) is 4.99 Å². The molecule has 1 amide bonds. The van der Waals surface area contributed by atoms with Crippen LogP contribution in [0.25, 0.3) is 6.08 Å². The lowest BCUT2D eigenvalue weighted by atomic mass is 10.0. The van der Waals surface area contributed by atoms with Crippen LogP contribution >= 0.6 is 23.1 Å². The molecular formula is C18H20N4OS2. The van der Waals surface area contributed by atoms with E-state index in [2.05, 4.69) is 53.3 Å². The summed E-state index contributed by atoms with van der Waals surface area (Å²) in [5, 5.41) is 10.1. The van der Waals surface area contributed by atoms with Gasteiger partial charge in [-0.25, -0.2) is 0 Å². The molecule has 1 aliphatic rings. The van der Waals surface area contributed by atoms with Crippen molar-refractivity contribution < 1.29 is 4.79 Å². The molecule has 0 saturated carbocycles. The molecule has 0 aliphatic carbocycles. The second kappa shape index (κ2) is 7.49. The number of amidine groups is 1. The Kier molecular flexibility index (Phi) is 5.34. The summed E-state index contributed by atoms with van der Waals surface area (Å²) in [6, 6.07) is 8.32. The largest absolute Gasteiger partial charge is 0.287 e. The van der Waals surface area contributed by atoms with Crippen LogP contribution in [-0.2, 0) is 4.79 Å². The van der Waals surface area contributed by atoms with Gasteiger partial charge in [0, 0.05) is 6.54 Å². The molecule has 1 aliphatic heterocycles. The van der Waals surface area contributed by atoms with E-state index in [-0.39, 0.29) is 5.91 Å². The van der Waals surface area contributed by atoms with E-state index in [1.807, 2.05) is 19.9 Å². The molecule has 2 heterocycles. The average Bonchev–Trinajstić information content (AvgIpc) is 3.12. The summed E-state index contributed by atoms with van der Waals surface area (Å²) in [7, 11) is 0. The maximum atomic E-state index is 12.6. The Bertz CT molecular complexity index is 837. The molecule has 5 nitrogen and oxygen atoms in total. The summed E-state index contributed by atoms with van der Waals surface area (Å²) in [5.74, 6) is 0.481. The van der Waals surface area contributed by atoms with E-state index in [1.54, 1.807) is 4.90 Å². The number of aryl methyl sites for hydroxylation is 1. The zero-order valence-electron chi connectivity index (χ0n) is 14.7. The fourth-order valence-corrected chi connectivity index (χ4v) is 4.07. The van der Waals surface area contributed by atoms with Gasteiger partial charge in [0.05, 0.1) is 4.91 Å². The molecular weight excluding hydrogens is 352 g/mol. The fourth-order valence-electron chi connectivity index (χ4n) is 2.41. The third kappa shape index (κ3) is 3.99. The molecule has 130 valence electrons. The Morgan fingerprint density at radius 3 is 2.52 bits per heavy atom. The Hall–Kier alpha value is -1.99. The topological polar surface area (TPSA) is 58.5 Å². The van der Waals surface area contributed by atoms with Gasteiger partial charge in [-0.15, -0.1) is 10.2 Å². The van der Waals surface area contributed by atoms with E-state index < -0.39 is 0 Å². The van der Waals surface area contributed by atoms with E-state index in [0.717, 1.165) is 10.6 Å². The van der Waals surface area contributed by atoms with E-state index >= 15 is 0 Å². The summed E-state index contributed by atoms with van der Waals surface area (Å²) in [4.78, 5) is 19.5. The van der Waals surface area contributed by atoms with Gasteiger partial charge in [-0.3, -0.25) is 9.69 Å². The van der Waals surface area contributed by atoms with Crippen molar-refractivity contribution in [3.63, 3.8) is 0 Å². The summed E-state index contributed by atoms with van der Waals surface area (Å²) < 4.78 is 0. The van der Waals surface area contributed by atoms with Crippen LogP contribution in [0.4, 0.5) is 5.13 Å². The van der Waals surface area contributed by atoms with Gasteiger partial charge >= 0.3 is 0 Å². The number of aromatic nitrogens is 2. The molecule has 2 aromatic rings. The average molecular weight is 373 g/mol. The number of nitrogens with zero attached hydrogens (tertiary/aromatic N) is 4. The molecule has 0 radical (unpaired) electrons. The van der Waals surface area contributed by atoms with Gasteiger partial charge in [0.25, 0.3) is 5.91 Å². The number of amides is 1. The first-order chi connectivity index (χ1) is 12.0. The molecule has 3 rings (SSSR count). The van der Waals surface area contributed by atoms with Crippen LogP contribution in [0.3, 0.4) is 0 Å². The monoisotopic (exact) mass is 372 g/mol. The lowest BCUT2D eigenvalue weighted by Crippen LogP contribution is -2.28. The maximum Gasteiger partial charge on any atom is 0.266 e. The molecule has 0 N–H and O–H groups in total. The van der Waals surface area contributed by atoms with E-state index in [9.17, 15) is 4.79 Å². The highest BCUT2D eigenvalue weighted by atomic mass is 32.2. The molecule has 0 atom stereocenters. The fraction of sp³-hybridized carbons (Fsp3) is 0.333. The SMILES string of the molecule is CCN1C(=O)/C(=C/c2ccc(C(C)C)cc2)S/C1=N/c1nnc(C)s1. The van der Waals surface area contributed by atoms with Crippen molar-refractivity contribution in [2.75, 3.05) is 6.54 Å². The van der Waals surface area contributed by atoms with Gasteiger partial charge < -0.3 is 0 Å². The molecule has 1 aromatic heterocycles. The zero-order chi connectivity index (χ0) is 18.0. The van der Waals surface area contributed by atoms with Gasteiger partial charge in [-0.05, 0) is 48.7 Å². The van der Waals surface area contributed by atoms with Gasteiger partial charge in [0.15, 0.2) is 5.17 Å². The summed E-state index contributed by atoms with van der Waals surface area (Å²) >= 11 is 2.80. The number of hydrogen-bond acceptors (Lipinski definition) is 6. The Labute approximate surface area is 155 Å². The van der Waals surface area contributed by atoms with Crippen LogP contribution in [0, 0.1) is 6.92 Å². The Morgan fingerprint density at radius 1 is 1.24 bits per heavy atom. The second-order valence-electron chi connectivity index (χ2n) is 5.98. The Balaban J connectivity index is 1.87. The van der Waals surface area contributed by atoms with Gasteiger partial charge in [0.1, 0.15) is 5.01 Å². The van der Waals surface area contributed by atoms with Gasteiger partial charge in [0.2, 0.25) is 5.13 Å². The number of aliphatic imine (C=N–C) groups is 1. The van der Waals surface area contributed by atoms with Gasteiger partial charge in [-0.1, -0.05) is 49.4 Å². The maximum absolute atomic E-state index is 12.6. The van der Waals surface area contributed by atoms with E-state index in [1.165, 1.54) is 28.7 Å². The van der Waals surface area contributed by atoms with Crippen LogP contribution in [0.5, 0.6) is 0 Å². The lowest BCUT2D eigenvalue weighted by molar-refractivity contribution is -0.122. The highest BCUT2D eigenvalue weighted by molar-refractivity contribution is 8.18. The third-order valence-corrected chi connectivity index (χ3v) is 5.55. The molecule has 0 unspecified atom stereocenters. The van der Waals surface area contributed by atoms with Crippen molar-refractivity contribution in [3.05, 3.63) is 45.3 Å². The Morgan fingerprint density at radius 2 is 1.96 bits per heavy atom. The summed E-state index contributed by atoms with van der Waals surface area (Å²) in [6.45, 7) is 8.74. The van der Waals surface area contributed by atoms with Crippen LogP contribution < -0.4 is 0 Å². The quantitative estimate of drug-likeness (QED) is 0.736. The standard InChI is InChI=1S/C18H20N4OS2/c1-5-22-16(23)15(10-13-6-8-14(9-7-13)11(2)3)25-18(22)19-17-21-20-12(4)24-17/h6-11H,5H2,1-4H3/b15-10-,19-18+. The van der Waals surface area contributed by atoms with Crippen LogP contribution in [0.2, 0.25) is 0 Å². The normalized spacial score (nSPS) is 18.1. The highest BCUT2D eigenvalue weighted by Gasteiger charge is 2.32. The van der Waals surface area contributed by atoms with Crippen LogP contribution in [0.1, 0.15) is 42.8 Å². The van der Waals surface area contributed by atoms with E-state index in [4.69, 9.17) is 0 Å². The smallest absolute Gasteiger partial charge is 0.266 e. The highest BCUT2D eigenvalue weighted by Crippen LogP contribution is 2.34. The first kappa shape index (κ1) is 17.8. The first-order valence-electron chi connectivity index (χ1n) is 8.18. The van der Waals surface area contributed by atoms with Crippen LogP contribution in [-0.4, -0.2) is 32.7 Å². The first-order valence-corrected chi connectivity index (χ1v) is 9.81. The molecule has 0 bridgehead atoms. The predicted octanol–water partition coefficient (Wildman–Crippen LogP) is 4.59. The number of rotatable bonds is 4. The number of likely N-dealkylation sites (N-methyl/N-ethyl adjacent to an activating group) is 1. The number of thioether (sulfide) groups is 1. The molecule has 7 heteroatoms. The number of carbonyl (C=O) groups is 1. The minimum Gasteiger partial charge on any atom is -0.287 e. The van der Waals surface area contributed by atoms with Crippen molar-refractivity contribution in [1.29, 1.82) is 0 Å². The third-order valence-electron chi connectivity index (χ3n) is 3.81. The molecule has 0 spiro atoms. The molecule has 25 heavy (non-hydrogen) atoms. The molecule has 1 fully saturated rings. The predicted molar refractivity (Wildman–Crippen MR) is 105 cm³/mol. The van der Waals surface area contributed by atoms with E-state index in [0.29, 0.717) is 27.7 Å². The number of benzene rings is 1. The summed E-state index contributed by atoms with van der Waals surface area (Å²) in [6.07, 6.45) is 1.92. The number of hydrogen-bond donors (Lipinski definition) is 0. The van der Waals surface area contributed by atoms with Crippen molar-refractivity contribution in [3.8, 4) is 0 Å². The second-order valence-corrected chi connectivity index (χ2v) is 8.15. The minimum atomic E-state index is -0.0135. The van der Waals surface area contributed by atoms with Crippen molar-refractivity contribution in [2.24, 2.45) is 4.99 Å². The van der Waals surface area contributed by atoms with Crippen molar-refractivity contribution in [1.82, 2.24) is 15.1 Å².